The normalized spacial score (nSPS) is 12.7. The lowest BCUT2D eigenvalue weighted by Crippen LogP contribution is -2.02. The molecule has 1 aliphatic carbocycles. The number of aryl methyl sites for hydroxylation is 2. The molecule has 1 heterocycles. The maximum Gasteiger partial charge on any atom is 0.209 e. The predicted octanol–water partition coefficient (Wildman–Crippen LogP) is 4.68. The van der Waals surface area contributed by atoms with E-state index in [2.05, 4.69) is 17.1 Å². The second-order valence-electron chi connectivity index (χ2n) is 5.79. The summed E-state index contributed by atoms with van der Waals surface area (Å²) in [4.78, 5) is 10.6. The Morgan fingerprint density at radius 2 is 1.96 bits per heavy atom. The van der Waals surface area contributed by atoms with Gasteiger partial charge in [0.05, 0.1) is 19.9 Å². The number of rotatable bonds is 4. The molecular formula is C20H18N2O2S. The molecule has 0 N–H and O–H groups in total. The van der Waals surface area contributed by atoms with Crippen LogP contribution in [0.2, 0.25) is 0 Å². The fourth-order valence-corrected chi connectivity index (χ4v) is 3.97. The minimum absolute atomic E-state index is 0.777. The Morgan fingerprint density at radius 1 is 1.08 bits per heavy atom. The molecule has 0 atom stereocenters. The fourth-order valence-electron chi connectivity index (χ4n) is 3.06. The van der Waals surface area contributed by atoms with E-state index in [9.17, 15) is 0 Å². The number of thiazole rings is 1. The van der Waals surface area contributed by atoms with Crippen molar-refractivity contribution in [2.45, 2.75) is 12.8 Å². The number of aromatic nitrogens is 1. The highest BCUT2D eigenvalue weighted by molar-refractivity contribution is 7.15. The zero-order valence-corrected chi connectivity index (χ0v) is 15.0. The van der Waals surface area contributed by atoms with Crippen LogP contribution in [0.3, 0.4) is 0 Å². The monoisotopic (exact) mass is 350 g/mol. The van der Waals surface area contributed by atoms with E-state index < -0.39 is 0 Å². The SMILES string of the molecule is COc1ccc2c(c1)CCc1sc(/N=C/c3ccccc3OC)nc1-2. The smallest absolute Gasteiger partial charge is 0.209 e. The molecule has 0 amide bonds. The van der Waals surface area contributed by atoms with Gasteiger partial charge in [0, 0.05) is 22.2 Å². The number of nitrogens with zero attached hydrogens (tertiary/aromatic N) is 2. The highest BCUT2D eigenvalue weighted by Crippen LogP contribution is 2.40. The Bertz CT molecular complexity index is 947. The number of para-hydroxylation sites is 1. The van der Waals surface area contributed by atoms with Crippen LogP contribution in [0, 0.1) is 0 Å². The third kappa shape index (κ3) is 3.03. The van der Waals surface area contributed by atoms with Gasteiger partial charge in [-0.05, 0) is 48.7 Å². The lowest BCUT2D eigenvalue weighted by atomic mass is 9.93. The van der Waals surface area contributed by atoms with Crippen molar-refractivity contribution in [3.05, 3.63) is 58.5 Å². The molecule has 0 spiro atoms. The van der Waals surface area contributed by atoms with Crippen LogP contribution in [0.5, 0.6) is 11.5 Å². The molecule has 0 bridgehead atoms. The first-order valence-electron chi connectivity index (χ1n) is 8.12. The van der Waals surface area contributed by atoms with Crippen LogP contribution >= 0.6 is 11.3 Å². The molecule has 0 saturated carbocycles. The van der Waals surface area contributed by atoms with Gasteiger partial charge in [-0.15, -0.1) is 0 Å². The first kappa shape index (κ1) is 15.8. The second-order valence-corrected chi connectivity index (χ2v) is 6.85. The van der Waals surface area contributed by atoms with Crippen molar-refractivity contribution in [2.24, 2.45) is 4.99 Å². The molecule has 0 fully saturated rings. The summed E-state index contributed by atoms with van der Waals surface area (Å²) in [5.41, 5.74) is 4.49. The maximum absolute atomic E-state index is 5.36. The van der Waals surface area contributed by atoms with Crippen molar-refractivity contribution in [3.63, 3.8) is 0 Å². The van der Waals surface area contributed by atoms with E-state index in [4.69, 9.17) is 14.5 Å². The van der Waals surface area contributed by atoms with Crippen molar-refractivity contribution >= 4 is 22.7 Å². The first-order valence-corrected chi connectivity index (χ1v) is 8.94. The lowest BCUT2D eigenvalue weighted by Gasteiger charge is -2.15. The summed E-state index contributed by atoms with van der Waals surface area (Å²) in [5, 5.41) is 0.777. The minimum atomic E-state index is 0.777. The van der Waals surface area contributed by atoms with Gasteiger partial charge in [0.1, 0.15) is 11.5 Å². The third-order valence-corrected chi connectivity index (χ3v) is 5.35. The Labute approximate surface area is 150 Å². The zero-order valence-electron chi connectivity index (χ0n) is 14.2. The Morgan fingerprint density at radius 3 is 2.80 bits per heavy atom. The molecule has 4 rings (SSSR count). The van der Waals surface area contributed by atoms with Crippen molar-refractivity contribution in [3.8, 4) is 22.8 Å². The van der Waals surface area contributed by atoms with Crippen LogP contribution in [-0.4, -0.2) is 25.4 Å². The minimum Gasteiger partial charge on any atom is -0.497 e. The van der Waals surface area contributed by atoms with E-state index in [0.29, 0.717) is 0 Å². The quantitative estimate of drug-likeness (QED) is 0.642. The molecule has 1 aromatic heterocycles. The highest BCUT2D eigenvalue weighted by Gasteiger charge is 2.21. The fraction of sp³-hybridized carbons (Fsp3) is 0.200. The molecule has 4 nitrogen and oxygen atoms in total. The average molecular weight is 350 g/mol. The number of fused-ring (bicyclic) bond motifs is 3. The van der Waals surface area contributed by atoms with Gasteiger partial charge in [0.15, 0.2) is 0 Å². The second kappa shape index (κ2) is 6.69. The third-order valence-electron chi connectivity index (χ3n) is 4.33. The van der Waals surface area contributed by atoms with Gasteiger partial charge in [-0.25, -0.2) is 9.98 Å². The molecule has 0 unspecified atom stereocenters. The van der Waals surface area contributed by atoms with E-state index in [1.807, 2.05) is 36.5 Å². The molecule has 2 aromatic carbocycles. The van der Waals surface area contributed by atoms with Crippen molar-refractivity contribution in [1.29, 1.82) is 0 Å². The van der Waals surface area contributed by atoms with Crippen LogP contribution in [-0.2, 0) is 12.8 Å². The summed E-state index contributed by atoms with van der Waals surface area (Å²) in [7, 11) is 3.36. The molecule has 0 saturated heterocycles. The van der Waals surface area contributed by atoms with Crippen molar-refractivity contribution in [2.75, 3.05) is 14.2 Å². The van der Waals surface area contributed by atoms with Crippen molar-refractivity contribution < 1.29 is 9.47 Å². The molecule has 5 heteroatoms. The Balaban J connectivity index is 1.66. The molecule has 3 aromatic rings. The Kier molecular flexibility index (Phi) is 4.24. The lowest BCUT2D eigenvalue weighted by molar-refractivity contribution is 0.414. The average Bonchev–Trinajstić information content (AvgIpc) is 3.09. The molecule has 126 valence electrons. The van der Waals surface area contributed by atoms with E-state index in [-0.39, 0.29) is 0 Å². The Hall–Kier alpha value is -2.66. The summed E-state index contributed by atoms with van der Waals surface area (Å²) < 4.78 is 10.7. The zero-order chi connectivity index (χ0) is 17.2. The summed E-state index contributed by atoms with van der Waals surface area (Å²) >= 11 is 1.66. The van der Waals surface area contributed by atoms with Gasteiger partial charge in [-0.2, -0.15) is 0 Å². The van der Waals surface area contributed by atoms with Crippen molar-refractivity contribution in [1.82, 2.24) is 4.98 Å². The van der Waals surface area contributed by atoms with E-state index in [1.54, 1.807) is 25.6 Å². The molecule has 1 aliphatic rings. The van der Waals surface area contributed by atoms with Crippen LogP contribution in [0.4, 0.5) is 5.13 Å². The largest absolute Gasteiger partial charge is 0.497 e. The molecular weight excluding hydrogens is 332 g/mol. The summed E-state index contributed by atoms with van der Waals surface area (Å²) in [6.07, 6.45) is 3.83. The van der Waals surface area contributed by atoms with Gasteiger partial charge in [0.25, 0.3) is 0 Å². The van der Waals surface area contributed by atoms with Crippen LogP contribution < -0.4 is 9.47 Å². The number of hydrogen-bond donors (Lipinski definition) is 0. The number of hydrogen-bond acceptors (Lipinski definition) is 5. The predicted molar refractivity (Wildman–Crippen MR) is 102 cm³/mol. The maximum atomic E-state index is 5.36. The van der Waals surface area contributed by atoms with E-state index >= 15 is 0 Å². The van der Waals surface area contributed by atoms with Crippen LogP contribution in [0.15, 0.2) is 47.5 Å². The molecule has 0 radical (unpaired) electrons. The summed E-state index contributed by atoms with van der Waals surface area (Å²) in [5.74, 6) is 1.71. The summed E-state index contributed by atoms with van der Waals surface area (Å²) in [6, 6.07) is 14.0. The number of benzene rings is 2. The van der Waals surface area contributed by atoms with Gasteiger partial charge < -0.3 is 9.47 Å². The molecule has 0 aliphatic heterocycles. The molecule has 25 heavy (non-hydrogen) atoms. The van der Waals surface area contributed by atoms with Gasteiger partial charge >= 0.3 is 0 Å². The number of ether oxygens (including phenoxy) is 2. The summed E-state index contributed by atoms with van der Waals surface area (Å²) in [6.45, 7) is 0. The number of methoxy groups -OCH3 is 2. The number of aliphatic imine (C=N–C) groups is 1. The van der Waals surface area contributed by atoms with Crippen LogP contribution in [0.1, 0.15) is 16.0 Å². The topological polar surface area (TPSA) is 43.7 Å². The highest BCUT2D eigenvalue weighted by atomic mass is 32.1. The standard InChI is InChI=1S/C20H18N2O2S/c1-23-15-8-9-16-13(11-15)7-10-18-19(16)22-20(25-18)21-12-14-5-3-4-6-17(14)24-2/h3-6,8-9,11-12H,7,10H2,1-2H3/b21-12+. The first-order chi connectivity index (χ1) is 12.3. The van der Waals surface area contributed by atoms with E-state index in [0.717, 1.165) is 40.7 Å². The van der Waals surface area contributed by atoms with Crippen LogP contribution in [0.25, 0.3) is 11.3 Å². The van der Waals surface area contributed by atoms with Gasteiger partial charge in [-0.3, -0.25) is 0 Å². The van der Waals surface area contributed by atoms with Gasteiger partial charge in [0.2, 0.25) is 5.13 Å². The van der Waals surface area contributed by atoms with Gasteiger partial charge in [-0.1, -0.05) is 23.5 Å². The van der Waals surface area contributed by atoms with E-state index in [1.165, 1.54) is 16.0 Å².